The van der Waals surface area contributed by atoms with E-state index in [2.05, 4.69) is 14.7 Å². The van der Waals surface area contributed by atoms with Crippen LogP contribution < -0.4 is 10.3 Å². The van der Waals surface area contributed by atoms with Crippen LogP contribution >= 0.6 is 0 Å². The molecule has 1 N–H and O–H groups in total. The lowest BCUT2D eigenvalue weighted by Crippen LogP contribution is -2.35. The van der Waals surface area contributed by atoms with Crippen molar-refractivity contribution in [2.45, 2.75) is 25.9 Å². The van der Waals surface area contributed by atoms with Crippen LogP contribution in [-0.2, 0) is 19.5 Å². The van der Waals surface area contributed by atoms with Gasteiger partial charge in [0.2, 0.25) is 0 Å². The minimum atomic E-state index is -4.75. The summed E-state index contributed by atoms with van der Waals surface area (Å²) in [4.78, 5) is 21.9. The van der Waals surface area contributed by atoms with Gasteiger partial charge in [0, 0.05) is 36.3 Å². The van der Waals surface area contributed by atoms with E-state index in [9.17, 15) is 18.0 Å². The number of rotatable bonds is 4. The highest BCUT2D eigenvalue weighted by atomic mass is 19.4. The predicted molar refractivity (Wildman–Crippen MR) is 101 cm³/mol. The number of benzene rings is 2. The van der Waals surface area contributed by atoms with E-state index < -0.39 is 6.36 Å². The maximum atomic E-state index is 12.7. The molecule has 8 heteroatoms. The summed E-state index contributed by atoms with van der Waals surface area (Å²) in [6, 6.07) is 15.4. The third kappa shape index (κ3) is 4.48. The van der Waals surface area contributed by atoms with Gasteiger partial charge >= 0.3 is 6.36 Å². The largest absolute Gasteiger partial charge is 0.573 e. The normalized spacial score (nSPS) is 14.4. The number of aromatic amines is 1. The van der Waals surface area contributed by atoms with E-state index >= 15 is 0 Å². The van der Waals surface area contributed by atoms with Crippen molar-refractivity contribution < 1.29 is 17.9 Å². The fourth-order valence-electron chi connectivity index (χ4n) is 3.46. The van der Waals surface area contributed by atoms with Crippen LogP contribution in [0.15, 0.2) is 59.4 Å². The number of ether oxygens (including phenoxy) is 1. The lowest BCUT2D eigenvalue weighted by atomic mass is 10.0. The van der Waals surface area contributed by atoms with Gasteiger partial charge in [0.25, 0.3) is 5.56 Å². The number of hydrogen-bond donors (Lipinski definition) is 1. The van der Waals surface area contributed by atoms with Crippen LogP contribution in [0, 0.1) is 0 Å². The molecular weight excluding hydrogens is 383 g/mol. The van der Waals surface area contributed by atoms with Gasteiger partial charge in [-0.15, -0.1) is 13.2 Å². The molecule has 2 aromatic carbocycles. The van der Waals surface area contributed by atoms with Crippen molar-refractivity contribution in [3.8, 4) is 17.1 Å². The first kappa shape index (κ1) is 19.2. The Hall–Kier alpha value is -3.13. The van der Waals surface area contributed by atoms with Crippen LogP contribution in [0.3, 0.4) is 0 Å². The number of alkyl halides is 3. The fourth-order valence-corrected chi connectivity index (χ4v) is 3.46. The molecule has 0 spiro atoms. The van der Waals surface area contributed by atoms with E-state index in [1.54, 1.807) is 12.1 Å². The summed E-state index contributed by atoms with van der Waals surface area (Å²) in [6.07, 6.45) is -4.26. The molecule has 0 aliphatic carbocycles. The molecule has 5 nitrogen and oxygen atoms in total. The molecule has 0 saturated carbocycles. The van der Waals surface area contributed by atoms with E-state index in [-0.39, 0.29) is 17.9 Å². The smallest absolute Gasteiger partial charge is 0.405 e. The summed E-state index contributed by atoms with van der Waals surface area (Å²) < 4.78 is 42.1. The molecule has 0 unspecified atom stereocenters. The van der Waals surface area contributed by atoms with E-state index in [1.807, 2.05) is 35.2 Å². The summed E-state index contributed by atoms with van der Waals surface area (Å²) in [7, 11) is 0. The molecule has 1 aromatic heterocycles. The van der Waals surface area contributed by atoms with Crippen LogP contribution in [0.25, 0.3) is 11.4 Å². The number of halogens is 3. The van der Waals surface area contributed by atoms with Gasteiger partial charge in [-0.2, -0.15) is 0 Å². The van der Waals surface area contributed by atoms with Gasteiger partial charge in [0.15, 0.2) is 0 Å². The van der Waals surface area contributed by atoms with Crippen molar-refractivity contribution in [2.24, 2.45) is 0 Å². The molecule has 0 fully saturated rings. The molecule has 2 heterocycles. The van der Waals surface area contributed by atoms with E-state index in [0.717, 1.165) is 5.56 Å². The Labute approximate surface area is 164 Å². The summed E-state index contributed by atoms with van der Waals surface area (Å²) >= 11 is 0. The molecule has 1 aliphatic heterocycles. The number of nitrogens with zero attached hydrogens (tertiary/aromatic N) is 2. The Kier molecular flexibility index (Phi) is 5.10. The molecule has 0 amide bonds. The van der Waals surface area contributed by atoms with Crippen molar-refractivity contribution in [1.82, 2.24) is 14.9 Å². The SMILES string of the molecule is O=c1[nH]c(-c2ccccc2)nc2c1CCN(Cc1ccccc1OC(F)(F)F)C2. The molecule has 0 radical (unpaired) electrons. The zero-order chi connectivity index (χ0) is 20.4. The van der Waals surface area contributed by atoms with Gasteiger partial charge in [-0.1, -0.05) is 48.5 Å². The lowest BCUT2D eigenvalue weighted by Gasteiger charge is -2.28. The van der Waals surface area contributed by atoms with Crippen molar-refractivity contribution >= 4 is 0 Å². The van der Waals surface area contributed by atoms with E-state index in [0.29, 0.717) is 42.2 Å². The summed E-state index contributed by atoms with van der Waals surface area (Å²) in [6.45, 7) is 1.18. The van der Waals surface area contributed by atoms with Crippen LogP contribution in [0.4, 0.5) is 13.2 Å². The summed E-state index contributed by atoms with van der Waals surface area (Å²) in [5.41, 5.74) is 2.33. The van der Waals surface area contributed by atoms with Gasteiger partial charge in [-0.25, -0.2) is 4.98 Å². The second-order valence-electron chi connectivity index (χ2n) is 6.82. The first-order valence-corrected chi connectivity index (χ1v) is 9.12. The maximum Gasteiger partial charge on any atom is 0.573 e. The number of hydrogen-bond acceptors (Lipinski definition) is 4. The molecular formula is C21H18F3N3O2. The topological polar surface area (TPSA) is 58.2 Å². The summed E-state index contributed by atoms with van der Waals surface area (Å²) in [5.74, 6) is 0.270. The van der Waals surface area contributed by atoms with Crippen molar-refractivity contribution in [3.63, 3.8) is 0 Å². The first-order chi connectivity index (χ1) is 13.9. The van der Waals surface area contributed by atoms with Gasteiger partial charge in [-0.3, -0.25) is 9.69 Å². The standard InChI is InChI=1S/C21H18F3N3O2/c22-21(23,24)29-18-9-5-4-8-15(18)12-27-11-10-16-17(13-27)25-19(26-20(16)28)14-6-2-1-3-7-14/h1-9H,10-13H2,(H,25,26,28). The number of nitrogens with one attached hydrogen (secondary N) is 1. The lowest BCUT2D eigenvalue weighted by molar-refractivity contribution is -0.275. The van der Waals surface area contributed by atoms with Crippen LogP contribution in [0.1, 0.15) is 16.8 Å². The number of aromatic nitrogens is 2. The Balaban J connectivity index is 1.58. The van der Waals surface area contributed by atoms with Gasteiger partial charge in [-0.05, 0) is 12.5 Å². The molecule has 1 aliphatic rings. The Morgan fingerprint density at radius 1 is 1.07 bits per heavy atom. The van der Waals surface area contributed by atoms with Crippen molar-refractivity contribution in [3.05, 3.63) is 81.8 Å². The Morgan fingerprint density at radius 2 is 1.79 bits per heavy atom. The average molecular weight is 401 g/mol. The molecule has 150 valence electrons. The van der Waals surface area contributed by atoms with E-state index in [4.69, 9.17) is 0 Å². The zero-order valence-corrected chi connectivity index (χ0v) is 15.4. The van der Waals surface area contributed by atoms with Crippen LogP contribution in [0.5, 0.6) is 5.75 Å². The molecule has 0 saturated heterocycles. The molecule has 0 bridgehead atoms. The Morgan fingerprint density at radius 3 is 2.55 bits per heavy atom. The van der Waals surface area contributed by atoms with Crippen LogP contribution in [0.2, 0.25) is 0 Å². The zero-order valence-electron chi connectivity index (χ0n) is 15.4. The molecule has 29 heavy (non-hydrogen) atoms. The molecule has 4 rings (SSSR count). The van der Waals surface area contributed by atoms with Gasteiger partial charge in [0.05, 0.1) is 5.69 Å². The van der Waals surface area contributed by atoms with Gasteiger partial charge in [0.1, 0.15) is 11.6 Å². The second-order valence-corrected chi connectivity index (χ2v) is 6.82. The number of fused-ring (bicyclic) bond motifs is 1. The predicted octanol–water partition coefficient (Wildman–Crippen LogP) is 3.89. The quantitative estimate of drug-likeness (QED) is 0.721. The second kappa shape index (κ2) is 7.71. The first-order valence-electron chi connectivity index (χ1n) is 9.12. The highest BCUT2D eigenvalue weighted by Gasteiger charge is 2.32. The Bertz CT molecular complexity index is 1060. The van der Waals surface area contributed by atoms with E-state index in [1.165, 1.54) is 12.1 Å². The molecule has 0 atom stereocenters. The number of H-pyrrole nitrogens is 1. The monoisotopic (exact) mass is 401 g/mol. The third-order valence-electron chi connectivity index (χ3n) is 4.79. The summed E-state index contributed by atoms with van der Waals surface area (Å²) in [5, 5.41) is 0. The van der Waals surface area contributed by atoms with Crippen molar-refractivity contribution in [2.75, 3.05) is 6.54 Å². The third-order valence-corrected chi connectivity index (χ3v) is 4.79. The highest BCUT2D eigenvalue weighted by molar-refractivity contribution is 5.54. The maximum absolute atomic E-state index is 12.7. The van der Waals surface area contributed by atoms with Gasteiger partial charge < -0.3 is 9.72 Å². The average Bonchev–Trinajstić information content (AvgIpc) is 2.69. The van der Waals surface area contributed by atoms with Crippen molar-refractivity contribution in [1.29, 1.82) is 0 Å². The molecule has 3 aromatic rings. The minimum Gasteiger partial charge on any atom is -0.405 e. The fraction of sp³-hybridized carbons (Fsp3) is 0.238. The highest BCUT2D eigenvalue weighted by Crippen LogP contribution is 2.28. The minimum absolute atomic E-state index is 0.172. The number of para-hydroxylation sites is 1. The van der Waals surface area contributed by atoms with Crippen LogP contribution in [-0.4, -0.2) is 27.8 Å².